The topological polar surface area (TPSA) is 109 Å². The standard InChI is InChI=1S/C22H21NO6/c1-3-14-11-19(24)29-18-12-16(9-10-17(14)18)28-13(2)21(25)23-20(22(26)27)15-7-5-4-6-8-15/h4-13,20H,3H2,1-2H3,(H,23,25)(H,26,27)/p-1/t13-,20-/m0/s1. The Bertz CT molecular complexity index is 1090. The van der Waals surface area contributed by atoms with Crippen LogP contribution in [0.2, 0.25) is 0 Å². The summed E-state index contributed by atoms with van der Waals surface area (Å²) < 4.78 is 10.8. The molecule has 3 aromatic rings. The number of carbonyl (C=O) groups is 2. The Hall–Kier alpha value is -3.61. The Kier molecular flexibility index (Phi) is 5.97. The van der Waals surface area contributed by atoms with E-state index in [0.717, 1.165) is 10.9 Å². The summed E-state index contributed by atoms with van der Waals surface area (Å²) in [6, 6.07) is 13.4. The summed E-state index contributed by atoms with van der Waals surface area (Å²) in [7, 11) is 0. The van der Waals surface area contributed by atoms with E-state index in [-0.39, 0.29) is 0 Å². The molecule has 0 radical (unpaired) electrons. The van der Waals surface area contributed by atoms with E-state index in [1.165, 1.54) is 19.1 Å². The number of hydrogen-bond acceptors (Lipinski definition) is 6. The number of amides is 1. The number of benzene rings is 2. The predicted octanol–water partition coefficient (Wildman–Crippen LogP) is 1.73. The maximum absolute atomic E-state index is 12.5. The average molecular weight is 394 g/mol. The lowest BCUT2D eigenvalue weighted by molar-refractivity contribution is -0.308. The van der Waals surface area contributed by atoms with Gasteiger partial charge in [0.2, 0.25) is 0 Å². The van der Waals surface area contributed by atoms with E-state index < -0.39 is 29.6 Å². The van der Waals surface area contributed by atoms with Crippen LogP contribution in [0.5, 0.6) is 5.75 Å². The molecule has 0 bridgehead atoms. The minimum atomic E-state index is -1.42. The van der Waals surface area contributed by atoms with Crippen LogP contribution in [0.4, 0.5) is 0 Å². The van der Waals surface area contributed by atoms with E-state index in [2.05, 4.69) is 5.32 Å². The second kappa shape index (κ2) is 8.60. The molecule has 29 heavy (non-hydrogen) atoms. The first-order valence-electron chi connectivity index (χ1n) is 9.18. The molecule has 1 aromatic heterocycles. The normalized spacial score (nSPS) is 12.9. The molecule has 1 heterocycles. The summed E-state index contributed by atoms with van der Waals surface area (Å²) >= 11 is 0. The van der Waals surface area contributed by atoms with Crippen molar-refractivity contribution in [2.75, 3.05) is 0 Å². The third-order valence-corrected chi connectivity index (χ3v) is 4.52. The second-order valence-corrected chi connectivity index (χ2v) is 6.53. The van der Waals surface area contributed by atoms with Crippen LogP contribution in [0.15, 0.2) is 63.8 Å². The van der Waals surface area contributed by atoms with Gasteiger partial charge in [0.25, 0.3) is 5.91 Å². The number of carbonyl (C=O) groups excluding carboxylic acids is 2. The Morgan fingerprint density at radius 1 is 1.14 bits per heavy atom. The lowest BCUT2D eigenvalue weighted by atomic mass is 10.1. The number of aliphatic carboxylic acids is 1. The van der Waals surface area contributed by atoms with E-state index in [9.17, 15) is 19.5 Å². The van der Waals surface area contributed by atoms with Crippen molar-refractivity contribution in [1.29, 1.82) is 0 Å². The van der Waals surface area contributed by atoms with Crippen LogP contribution in [0, 0.1) is 0 Å². The average Bonchev–Trinajstić information content (AvgIpc) is 2.71. The molecule has 1 N–H and O–H groups in total. The van der Waals surface area contributed by atoms with Gasteiger partial charge in [-0.25, -0.2) is 4.79 Å². The molecule has 0 aliphatic rings. The number of ether oxygens (including phenoxy) is 1. The van der Waals surface area contributed by atoms with Crippen LogP contribution in [0.3, 0.4) is 0 Å². The summed E-state index contributed by atoms with van der Waals surface area (Å²) in [4.78, 5) is 35.6. The van der Waals surface area contributed by atoms with Gasteiger partial charge in [-0.1, -0.05) is 37.3 Å². The monoisotopic (exact) mass is 394 g/mol. The quantitative estimate of drug-likeness (QED) is 0.612. The summed E-state index contributed by atoms with van der Waals surface area (Å²) in [5.41, 5.74) is 1.15. The molecule has 0 aliphatic heterocycles. The Morgan fingerprint density at radius 2 is 1.86 bits per heavy atom. The van der Waals surface area contributed by atoms with E-state index >= 15 is 0 Å². The number of hydrogen-bond donors (Lipinski definition) is 1. The minimum absolute atomic E-state index is 0.321. The van der Waals surface area contributed by atoms with Crippen LogP contribution in [-0.4, -0.2) is 18.0 Å². The van der Waals surface area contributed by atoms with Crippen LogP contribution in [0.25, 0.3) is 11.0 Å². The second-order valence-electron chi connectivity index (χ2n) is 6.53. The molecule has 0 spiro atoms. The zero-order valence-corrected chi connectivity index (χ0v) is 16.0. The van der Waals surface area contributed by atoms with Gasteiger partial charge in [-0.2, -0.15) is 0 Å². The molecule has 7 heteroatoms. The minimum Gasteiger partial charge on any atom is -0.548 e. The first-order chi connectivity index (χ1) is 13.9. The van der Waals surface area contributed by atoms with Crippen molar-refractivity contribution in [2.24, 2.45) is 0 Å². The maximum atomic E-state index is 12.5. The zero-order valence-electron chi connectivity index (χ0n) is 16.0. The third-order valence-electron chi connectivity index (χ3n) is 4.52. The molecular formula is C22H20NO6-. The summed E-state index contributed by atoms with van der Waals surface area (Å²) in [5, 5.41) is 14.7. The first-order valence-corrected chi connectivity index (χ1v) is 9.18. The highest BCUT2D eigenvalue weighted by molar-refractivity contribution is 5.86. The van der Waals surface area contributed by atoms with Crippen molar-refractivity contribution in [3.05, 3.63) is 76.1 Å². The van der Waals surface area contributed by atoms with Gasteiger partial charge in [0.15, 0.2) is 6.10 Å². The van der Waals surface area contributed by atoms with Crippen molar-refractivity contribution in [3.8, 4) is 5.75 Å². The van der Waals surface area contributed by atoms with Crippen LogP contribution < -0.4 is 20.8 Å². The molecule has 1 amide bonds. The summed E-state index contributed by atoms with van der Waals surface area (Å²) in [5.74, 6) is -1.72. The first kappa shape index (κ1) is 20.1. The smallest absolute Gasteiger partial charge is 0.336 e. The van der Waals surface area contributed by atoms with Gasteiger partial charge in [0.1, 0.15) is 11.3 Å². The summed E-state index contributed by atoms with van der Waals surface area (Å²) in [6.07, 6.45) is -0.315. The van der Waals surface area contributed by atoms with Crippen molar-refractivity contribution in [1.82, 2.24) is 5.32 Å². The predicted molar refractivity (Wildman–Crippen MR) is 104 cm³/mol. The lowest BCUT2D eigenvalue weighted by Gasteiger charge is -2.22. The maximum Gasteiger partial charge on any atom is 0.336 e. The third kappa shape index (κ3) is 4.63. The SMILES string of the molecule is CCc1cc(=O)oc2cc(O[C@@H](C)C(=O)N[C@H](C(=O)[O-])c3ccccc3)ccc12. The number of carboxylic acids is 1. The molecule has 150 valence electrons. The number of nitrogens with one attached hydrogen (secondary N) is 1. The molecule has 0 aliphatic carbocycles. The van der Waals surface area contributed by atoms with Crippen molar-refractivity contribution in [2.45, 2.75) is 32.4 Å². The largest absolute Gasteiger partial charge is 0.548 e. The van der Waals surface area contributed by atoms with Crippen LogP contribution in [-0.2, 0) is 16.0 Å². The fourth-order valence-electron chi connectivity index (χ4n) is 3.02. The lowest BCUT2D eigenvalue weighted by Crippen LogP contribution is -2.45. The van der Waals surface area contributed by atoms with E-state index in [1.54, 1.807) is 42.5 Å². The van der Waals surface area contributed by atoms with Crippen molar-refractivity contribution in [3.63, 3.8) is 0 Å². The van der Waals surface area contributed by atoms with Gasteiger partial charge in [0.05, 0.1) is 12.0 Å². The van der Waals surface area contributed by atoms with Gasteiger partial charge >= 0.3 is 5.63 Å². The molecule has 0 saturated heterocycles. The Balaban J connectivity index is 1.77. The van der Waals surface area contributed by atoms with Gasteiger partial charge < -0.3 is 24.4 Å². The highest BCUT2D eigenvalue weighted by Crippen LogP contribution is 2.24. The van der Waals surface area contributed by atoms with Crippen molar-refractivity contribution >= 4 is 22.8 Å². The number of carboxylic acid groups (broad SMARTS) is 1. The van der Waals surface area contributed by atoms with Crippen LogP contribution in [0.1, 0.15) is 31.0 Å². The van der Waals surface area contributed by atoms with Gasteiger partial charge in [-0.15, -0.1) is 0 Å². The number of rotatable bonds is 7. The molecule has 2 atom stereocenters. The molecular weight excluding hydrogens is 374 g/mol. The summed E-state index contributed by atoms with van der Waals surface area (Å²) in [6.45, 7) is 3.43. The van der Waals surface area contributed by atoms with E-state index in [1.807, 2.05) is 6.92 Å². The van der Waals surface area contributed by atoms with Gasteiger partial charge in [0, 0.05) is 17.5 Å². The van der Waals surface area contributed by atoms with Gasteiger partial charge in [-0.05, 0) is 36.6 Å². The molecule has 0 fully saturated rings. The Labute approximate surface area is 166 Å². The van der Waals surface area contributed by atoms with Crippen LogP contribution >= 0.6 is 0 Å². The molecule has 2 aromatic carbocycles. The fraction of sp³-hybridized carbons (Fsp3) is 0.227. The fourth-order valence-corrected chi connectivity index (χ4v) is 3.02. The van der Waals surface area contributed by atoms with Gasteiger partial charge in [-0.3, -0.25) is 4.79 Å². The highest BCUT2D eigenvalue weighted by Gasteiger charge is 2.21. The Morgan fingerprint density at radius 3 is 2.52 bits per heavy atom. The highest BCUT2D eigenvalue weighted by atomic mass is 16.5. The zero-order chi connectivity index (χ0) is 21.0. The van der Waals surface area contributed by atoms with E-state index in [0.29, 0.717) is 23.3 Å². The number of fused-ring (bicyclic) bond motifs is 1. The molecule has 0 saturated carbocycles. The molecule has 3 rings (SSSR count). The van der Waals surface area contributed by atoms with Crippen molar-refractivity contribution < 1.29 is 23.8 Å². The number of aryl methyl sites for hydroxylation is 1. The van der Waals surface area contributed by atoms with E-state index in [4.69, 9.17) is 9.15 Å². The molecule has 7 nitrogen and oxygen atoms in total. The molecule has 0 unspecified atom stereocenters.